The van der Waals surface area contributed by atoms with Crippen LogP contribution >= 0.6 is 0 Å². The monoisotopic (exact) mass is 347 g/mol. The molecule has 1 atom stereocenters. The Bertz CT molecular complexity index is 414. The Morgan fingerprint density at radius 2 is 1.71 bits per heavy atom. The van der Waals surface area contributed by atoms with Crippen LogP contribution in [0.15, 0.2) is 24.3 Å². The number of nitrogens with one attached hydrogen (secondary N) is 1. The Hall–Kier alpha value is -0.954. The van der Waals surface area contributed by atoms with E-state index in [-0.39, 0.29) is 37.5 Å². The SMILES string of the molecule is O=C([O-])CCCCCCCNC([O-])c1ccccc1[O-].[Ga+3]. The van der Waals surface area contributed by atoms with Gasteiger partial charge in [0.15, 0.2) is 0 Å². The Kier molecular flexibility index (Phi) is 11.1. The number of carbonyl (C=O) groups excluding carboxylic acids is 1. The van der Waals surface area contributed by atoms with Crippen molar-refractivity contribution in [1.82, 2.24) is 5.32 Å². The van der Waals surface area contributed by atoms with Crippen molar-refractivity contribution in [2.24, 2.45) is 0 Å². The van der Waals surface area contributed by atoms with Gasteiger partial charge < -0.3 is 25.4 Å². The van der Waals surface area contributed by atoms with Crippen LogP contribution in [0.5, 0.6) is 5.75 Å². The summed E-state index contributed by atoms with van der Waals surface area (Å²) in [6.07, 6.45) is 3.15. The molecule has 5 nitrogen and oxygen atoms in total. The molecule has 1 N–H and O–H groups in total. The normalized spacial score (nSPS) is 11.7. The molecule has 0 bridgehead atoms. The van der Waals surface area contributed by atoms with Crippen molar-refractivity contribution in [3.8, 4) is 5.75 Å². The second-order valence-corrected chi connectivity index (χ2v) is 4.76. The maximum absolute atomic E-state index is 11.8. The molecule has 0 heterocycles. The summed E-state index contributed by atoms with van der Waals surface area (Å²) < 4.78 is 0. The molecule has 0 spiro atoms. The van der Waals surface area contributed by atoms with Crippen molar-refractivity contribution in [3.63, 3.8) is 0 Å². The first-order valence-electron chi connectivity index (χ1n) is 6.96. The second kappa shape index (κ2) is 11.7. The zero-order valence-electron chi connectivity index (χ0n) is 12.0. The molecule has 0 amide bonds. The van der Waals surface area contributed by atoms with Crippen LogP contribution in [0.3, 0.4) is 0 Å². The molecule has 112 valence electrons. The number of hydrogen-bond acceptors (Lipinski definition) is 5. The van der Waals surface area contributed by atoms with Gasteiger partial charge in [-0.25, -0.2) is 0 Å². The zero-order valence-corrected chi connectivity index (χ0v) is 14.5. The number of aliphatic carboxylic acids is 1. The first kappa shape index (κ1) is 20.0. The van der Waals surface area contributed by atoms with Crippen LogP contribution in [-0.4, -0.2) is 32.3 Å². The van der Waals surface area contributed by atoms with Gasteiger partial charge in [0.2, 0.25) is 0 Å². The van der Waals surface area contributed by atoms with Gasteiger partial charge in [0.05, 0.1) is 0 Å². The van der Waals surface area contributed by atoms with Crippen LogP contribution < -0.4 is 20.6 Å². The molecule has 21 heavy (non-hydrogen) atoms. The van der Waals surface area contributed by atoms with Gasteiger partial charge >= 0.3 is 19.8 Å². The van der Waals surface area contributed by atoms with E-state index < -0.39 is 12.2 Å². The smallest absolute Gasteiger partial charge is 0.872 e. The predicted molar refractivity (Wildman–Crippen MR) is 75.1 cm³/mol. The molecule has 0 saturated heterocycles. The first-order chi connectivity index (χ1) is 9.61. The zero-order chi connectivity index (χ0) is 14.8. The third kappa shape index (κ3) is 8.82. The minimum Gasteiger partial charge on any atom is -0.872 e. The van der Waals surface area contributed by atoms with Crippen molar-refractivity contribution in [3.05, 3.63) is 29.8 Å². The average molecular weight is 348 g/mol. The molecule has 0 fully saturated rings. The molecule has 0 saturated carbocycles. The Morgan fingerprint density at radius 3 is 2.38 bits per heavy atom. The topological polar surface area (TPSA) is 98.3 Å². The molecule has 1 unspecified atom stereocenters. The van der Waals surface area contributed by atoms with E-state index in [0.717, 1.165) is 25.7 Å². The fourth-order valence-electron chi connectivity index (χ4n) is 1.96. The minimum atomic E-state index is -1.18. The van der Waals surface area contributed by atoms with Crippen molar-refractivity contribution in [2.45, 2.75) is 44.8 Å². The van der Waals surface area contributed by atoms with Crippen LogP contribution in [0.4, 0.5) is 0 Å². The van der Waals surface area contributed by atoms with Crippen LogP contribution in [0.25, 0.3) is 0 Å². The summed E-state index contributed by atoms with van der Waals surface area (Å²) in [6, 6.07) is 6.23. The van der Waals surface area contributed by atoms with Crippen LogP contribution in [0.1, 0.15) is 50.3 Å². The molecular formula is C15H20GaNO4. The molecule has 1 aromatic carbocycles. The van der Waals surface area contributed by atoms with Crippen LogP contribution in [-0.2, 0) is 4.79 Å². The van der Waals surface area contributed by atoms with Crippen molar-refractivity contribution < 1.29 is 20.1 Å². The summed E-state index contributed by atoms with van der Waals surface area (Å²) in [7, 11) is 0. The van der Waals surface area contributed by atoms with E-state index in [2.05, 4.69) is 5.32 Å². The molecule has 0 radical (unpaired) electrons. The maximum Gasteiger partial charge on any atom is 3.00 e. The van der Waals surface area contributed by atoms with E-state index in [1.54, 1.807) is 18.2 Å². The fourth-order valence-corrected chi connectivity index (χ4v) is 1.96. The van der Waals surface area contributed by atoms with E-state index in [1.807, 2.05) is 0 Å². The number of carboxylic acids is 1. The van der Waals surface area contributed by atoms with E-state index in [9.17, 15) is 20.1 Å². The number of hydrogen-bond donors (Lipinski definition) is 1. The molecule has 0 aliphatic carbocycles. The summed E-state index contributed by atoms with van der Waals surface area (Å²) in [5, 5.41) is 36.2. The first-order valence-corrected chi connectivity index (χ1v) is 6.96. The quantitative estimate of drug-likeness (QED) is 0.347. The van der Waals surface area contributed by atoms with Gasteiger partial charge in [-0.15, -0.1) is 5.75 Å². The second-order valence-electron chi connectivity index (χ2n) is 4.76. The number of rotatable bonds is 10. The largest absolute Gasteiger partial charge is 3.00 e. The number of unbranched alkanes of at least 4 members (excludes halogenated alkanes) is 4. The van der Waals surface area contributed by atoms with Gasteiger partial charge in [-0.3, -0.25) is 0 Å². The van der Waals surface area contributed by atoms with Gasteiger partial charge in [-0.2, -0.15) is 0 Å². The van der Waals surface area contributed by atoms with Gasteiger partial charge in [0.1, 0.15) is 0 Å². The summed E-state index contributed by atoms with van der Waals surface area (Å²) in [4.78, 5) is 10.2. The maximum atomic E-state index is 11.8. The van der Waals surface area contributed by atoms with E-state index in [0.29, 0.717) is 13.0 Å². The van der Waals surface area contributed by atoms with Gasteiger partial charge in [-0.05, 0) is 32.0 Å². The molecule has 0 aliphatic heterocycles. The number of benzene rings is 1. The number of carboxylic acid groups (broad SMARTS) is 1. The Balaban J connectivity index is 0.00000400. The van der Waals surface area contributed by atoms with Crippen molar-refractivity contribution in [2.75, 3.05) is 6.54 Å². The minimum absolute atomic E-state index is 0. The third-order valence-corrected chi connectivity index (χ3v) is 3.09. The average Bonchev–Trinajstić information content (AvgIpc) is 2.41. The van der Waals surface area contributed by atoms with Gasteiger partial charge in [-0.1, -0.05) is 49.1 Å². The number of para-hydroxylation sites is 1. The fraction of sp³-hybridized carbons (Fsp3) is 0.533. The summed E-state index contributed by atoms with van der Waals surface area (Å²) >= 11 is 0. The molecule has 6 heteroatoms. The molecular weight excluding hydrogens is 328 g/mol. The Labute approximate surface area is 138 Å². The third-order valence-electron chi connectivity index (χ3n) is 3.09. The Morgan fingerprint density at radius 1 is 1.10 bits per heavy atom. The van der Waals surface area contributed by atoms with Crippen LogP contribution in [0.2, 0.25) is 0 Å². The summed E-state index contributed by atoms with van der Waals surface area (Å²) in [5.41, 5.74) is 0.251. The summed E-state index contributed by atoms with van der Waals surface area (Å²) in [5.74, 6) is -1.24. The molecule has 1 aromatic rings. The predicted octanol–water partition coefficient (Wildman–Crippen LogP) is -0.582. The van der Waals surface area contributed by atoms with E-state index in [4.69, 9.17) is 0 Å². The van der Waals surface area contributed by atoms with Crippen molar-refractivity contribution in [1.29, 1.82) is 0 Å². The molecule has 0 aliphatic rings. The number of carbonyl (C=O) groups is 1. The van der Waals surface area contributed by atoms with E-state index in [1.165, 1.54) is 6.07 Å². The van der Waals surface area contributed by atoms with Crippen molar-refractivity contribution >= 4 is 25.8 Å². The summed E-state index contributed by atoms with van der Waals surface area (Å²) in [6.45, 7) is 0.559. The van der Waals surface area contributed by atoms with Crippen LogP contribution in [0, 0.1) is 0 Å². The van der Waals surface area contributed by atoms with Gasteiger partial charge in [0, 0.05) is 5.97 Å². The standard InChI is InChI=1S/C15H22NO4.Ga/c17-13-9-6-5-8-12(13)15(20)16-11-7-3-1-2-4-10-14(18)19;/h5-6,8-9,15-17H,1-4,7,10-11H2,(H,18,19);/q-1;+3/p-2. The van der Waals surface area contributed by atoms with Gasteiger partial charge in [0.25, 0.3) is 0 Å². The molecule has 0 aromatic heterocycles. The molecule has 1 rings (SSSR count). The van der Waals surface area contributed by atoms with E-state index >= 15 is 0 Å².